The van der Waals surface area contributed by atoms with Crippen LogP contribution in [0.1, 0.15) is 12.5 Å². The molecule has 1 unspecified atom stereocenters. The van der Waals surface area contributed by atoms with Gasteiger partial charge in [-0.1, -0.05) is 13.0 Å². The molecule has 0 saturated carbocycles. The predicted molar refractivity (Wildman–Crippen MR) is 60.9 cm³/mol. The van der Waals surface area contributed by atoms with Crippen molar-refractivity contribution in [1.82, 2.24) is 4.98 Å². The summed E-state index contributed by atoms with van der Waals surface area (Å²) in [5.41, 5.74) is 1.14. The van der Waals surface area contributed by atoms with Crippen LogP contribution in [-0.4, -0.2) is 23.8 Å². The largest absolute Gasteiger partial charge is 0.469 e. The molecular formula is C11H15NO2S. The minimum atomic E-state index is -0.172. The zero-order valence-corrected chi connectivity index (χ0v) is 10.0. The number of carbonyl (C=O) groups excluding carboxylic acids is 1. The second-order valence-corrected chi connectivity index (χ2v) is 4.45. The number of esters is 1. The van der Waals surface area contributed by atoms with E-state index in [0.717, 1.165) is 10.6 Å². The van der Waals surface area contributed by atoms with Crippen molar-refractivity contribution >= 4 is 17.7 Å². The average Bonchev–Trinajstić information content (AvgIpc) is 2.26. The number of hydrogen-bond acceptors (Lipinski definition) is 4. The summed E-state index contributed by atoms with van der Waals surface area (Å²) >= 11 is 1.57. The summed E-state index contributed by atoms with van der Waals surface area (Å²) in [4.78, 5) is 15.4. The predicted octanol–water partition coefficient (Wildman–Crippen LogP) is 2.29. The number of rotatable bonds is 4. The zero-order valence-electron chi connectivity index (χ0n) is 9.19. The third-order valence-corrected chi connectivity index (χ3v) is 3.17. The highest BCUT2D eigenvalue weighted by Crippen LogP contribution is 2.18. The van der Waals surface area contributed by atoms with Gasteiger partial charge in [0.15, 0.2) is 0 Å². The minimum Gasteiger partial charge on any atom is -0.469 e. The minimum absolute atomic E-state index is 0.0943. The topological polar surface area (TPSA) is 39.2 Å². The number of methoxy groups -OCH3 is 1. The van der Waals surface area contributed by atoms with Gasteiger partial charge in [-0.2, -0.15) is 0 Å². The van der Waals surface area contributed by atoms with Crippen LogP contribution in [0.5, 0.6) is 0 Å². The highest BCUT2D eigenvalue weighted by Gasteiger charge is 2.13. The van der Waals surface area contributed by atoms with Gasteiger partial charge in [-0.15, -0.1) is 11.8 Å². The number of ether oxygens (including phenoxy) is 1. The standard InChI is InChI=1S/C11H15NO2S/c1-8-4-5-10(12-6-8)15-7-9(2)11(13)14-3/h4-6,9H,7H2,1-3H3. The Labute approximate surface area is 94.2 Å². The van der Waals surface area contributed by atoms with E-state index in [1.165, 1.54) is 7.11 Å². The first-order valence-corrected chi connectivity index (χ1v) is 5.75. The fourth-order valence-electron chi connectivity index (χ4n) is 1.02. The molecule has 0 fully saturated rings. The summed E-state index contributed by atoms with van der Waals surface area (Å²) in [6.07, 6.45) is 1.82. The molecule has 1 aromatic heterocycles. The molecule has 0 aliphatic rings. The van der Waals surface area contributed by atoms with Gasteiger partial charge in [-0.05, 0) is 18.6 Å². The van der Waals surface area contributed by atoms with Gasteiger partial charge < -0.3 is 4.74 Å². The van der Waals surface area contributed by atoms with Gasteiger partial charge in [-0.3, -0.25) is 4.79 Å². The van der Waals surface area contributed by atoms with Crippen molar-refractivity contribution in [1.29, 1.82) is 0 Å². The van der Waals surface area contributed by atoms with Crippen LogP contribution in [-0.2, 0) is 9.53 Å². The smallest absolute Gasteiger partial charge is 0.309 e. The van der Waals surface area contributed by atoms with Crippen molar-refractivity contribution in [2.24, 2.45) is 5.92 Å². The lowest BCUT2D eigenvalue weighted by atomic mass is 10.2. The van der Waals surface area contributed by atoms with Gasteiger partial charge >= 0.3 is 5.97 Å². The summed E-state index contributed by atoms with van der Waals surface area (Å²) in [6, 6.07) is 3.97. The molecular weight excluding hydrogens is 210 g/mol. The molecule has 0 aliphatic carbocycles. The number of thioether (sulfide) groups is 1. The van der Waals surface area contributed by atoms with Gasteiger partial charge in [0, 0.05) is 11.9 Å². The summed E-state index contributed by atoms with van der Waals surface area (Å²) < 4.78 is 4.65. The second-order valence-electron chi connectivity index (χ2n) is 3.41. The van der Waals surface area contributed by atoms with E-state index in [2.05, 4.69) is 9.72 Å². The first-order chi connectivity index (χ1) is 7.13. The maximum absolute atomic E-state index is 11.1. The maximum Gasteiger partial charge on any atom is 0.309 e. The Morgan fingerprint density at radius 2 is 2.33 bits per heavy atom. The molecule has 1 atom stereocenters. The first-order valence-electron chi connectivity index (χ1n) is 4.76. The number of hydrogen-bond donors (Lipinski definition) is 0. The Balaban J connectivity index is 2.43. The van der Waals surface area contributed by atoms with Crippen LogP contribution in [0.2, 0.25) is 0 Å². The molecule has 1 aromatic rings. The highest BCUT2D eigenvalue weighted by molar-refractivity contribution is 7.99. The molecule has 0 radical (unpaired) electrons. The van der Waals surface area contributed by atoms with Gasteiger partial charge in [0.1, 0.15) is 0 Å². The Hall–Kier alpha value is -1.03. The lowest BCUT2D eigenvalue weighted by Crippen LogP contribution is -2.14. The number of aryl methyl sites for hydroxylation is 1. The monoisotopic (exact) mass is 225 g/mol. The quantitative estimate of drug-likeness (QED) is 0.582. The van der Waals surface area contributed by atoms with E-state index < -0.39 is 0 Å². The van der Waals surface area contributed by atoms with Crippen LogP contribution in [0.4, 0.5) is 0 Å². The van der Waals surface area contributed by atoms with E-state index >= 15 is 0 Å². The molecule has 1 heterocycles. The van der Waals surface area contributed by atoms with Crippen LogP contribution < -0.4 is 0 Å². The summed E-state index contributed by atoms with van der Waals surface area (Å²) in [5, 5.41) is 0.941. The Bertz CT molecular complexity index is 324. The van der Waals surface area contributed by atoms with E-state index in [-0.39, 0.29) is 11.9 Å². The zero-order chi connectivity index (χ0) is 11.3. The maximum atomic E-state index is 11.1. The number of pyridine rings is 1. The third kappa shape index (κ3) is 3.91. The molecule has 0 amide bonds. The fourth-order valence-corrected chi connectivity index (χ4v) is 1.87. The summed E-state index contributed by atoms with van der Waals surface area (Å²) in [6.45, 7) is 3.85. The van der Waals surface area contributed by atoms with E-state index in [1.54, 1.807) is 11.8 Å². The Morgan fingerprint density at radius 3 is 2.87 bits per heavy atom. The SMILES string of the molecule is COC(=O)C(C)CSc1ccc(C)cn1. The lowest BCUT2D eigenvalue weighted by molar-refractivity contribution is -0.143. The fraction of sp³-hybridized carbons (Fsp3) is 0.455. The van der Waals surface area contributed by atoms with E-state index in [0.29, 0.717) is 5.75 Å². The average molecular weight is 225 g/mol. The number of carbonyl (C=O) groups is 1. The van der Waals surface area contributed by atoms with Gasteiger partial charge in [-0.25, -0.2) is 4.98 Å². The molecule has 82 valence electrons. The number of nitrogens with zero attached hydrogens (tertiary/aromatic N) is 1. The highest BCUT2D eigenvalue weighted by atomic mass is 32.2. The van der Waals surface area contributed by atoms with Crippen molar-refractivity contribution in [2.75, 3.05) is 12.9 Å². The molecule has 0 spiro atoms. The number of aromatic nitrogens is 1. The third-order valence-electron chi connectivity index (χ3n) is 1.97. The van der Waals surface area contributed by atoms with Crippen molar-refractivity contribution < 1.29 is 9.53 Å². The molecule has 15 heavy (non-hydrogen) atoms. The van der Waals surface area contributed by atoms with Crippen molar-refractivity contribution in [3.63, 3.8) is 0 Å². The van der Waals surface area contributed by atoms with Crippen LogP contribution in [0.25, 0.3) is 0 Å². The molecule has 0 aliphatic heterocycles. The van der Waals surface area contributed by atoms with Gasteiger partial charge in [0.25, 0.3) is 0 Å². The van der Waals surface area contributed by atoms with Crippen molar-refractivity contribution in [3.05, 3.63) is 23.9 Å². The van der Waals surface area contributed by atoms with Crippen LogP contribution in [0.15, 0.2) is 23.4 Å². The molecule has 1 rings (SSSR count). The van der Waals surface area contributed by atoms with Gasteiger partial charge in [0.05, 0.1) is 18.1 Å². The second kappa shape index (κ2) is 5.75. The van der Waals surface area contributed by atoms with Crippen molar-refractivity contribution in [3.8, 4) is 0 Å². The van der Waals surface area contributed by atoms with E-state index in [4.69, 9.17) is 0 Å². The molecule has 0 N–H and O–H groups in total. The molecule has 3 nitrogen and oxygen atoms in total. The molecule has 0 saturated heterocycles. The normalized spacial score (nSPS) is 12.2. The van der Waals surface area contributed by atoms with Crippen LogP contribution >= 0.6 is 11.8 Å². The Kier molecular flexibility index (Phi) is 4.62. The van der Waals surface area contributed by atoms with Crippen LogP contribution in [0.3, 0.4) is 0 Å². The van der Waals surface area contributed by atoms with Gasteiger partial charge in [0.2, 0.25) is 0 Å². The lowest BCUT2D eigenvalue weighted by Gasteiger charge is -2.07. The first kappa shape index (κ1) is 12.0. The Morgan fingerprint density at radius 1 is 1.60 bits per heavy atom. The molecule has 0 bridgehead atoms. The van der Waals surface area contributed by atoms with Crippen LogP contribution in [0, 0.1) is 12.8 Å². The summed E-state index contributed by atoms with van der Waals surface area (Å²) in [5.74, 6) is 0.431. The summed E-state index contributed by atoms with van der Waals surface area (Å²) in [7, 11) is 1.41. The molecule has 0 aromatic carbocycles. The van der Waals surface area contributed by atoms with E-state index in [9.17, 15) is 4.79 Å². The molecule has 4 heteroatoms. The van der Waals surface area contributed by atoms with E-state index in [1.807, 2.05) is 32.2 Å². The van der Waals surface area contributed by atoms with Crippen molar-refractivity contribution in [2.45, 2.75) is 18.9 Å².